The lowest BCUT2D eigenvalue weighted by Crippen LogP contribution is -2.30. The molecule has 1 aromatic rings. The van der Waals surface area contributed by atoms with E-state index in [0.29, 0.717) is 18.2 Å². The monoisotopic (exact) mass is 249 g/mol. The molecule has 1 aromatic heterocycles. The summed E-state index contributed by atoms with van der Waals surface area (Å²) < 4.78 is 0. The van der Waals surface area contributed by atoms with E-state index in [4.69, 9.17) is 11.0 Å². The first-order valence-corrected chi connectivity index (χ1v) is 6.59. The Morgan fingerprint density at radius 2 is 2.47 bits per heavy atom. The molecule has 17 heavy (non-hydrogen) atoms. The van der Waals surface area contributed by atoms with Gasteiger partial charge in [-0.3, -0.25) is 4.79 Å². The van der Waals surface area contributed by atoms with Crippen molar-refractivity contribution < 1.29 is 4.79 Å². The predicted octanol–water partition coefficient (Wildman–Crippen LogP) is 1.63. The Hall–Kier alpha value is -1.38. The predicted molar refractivity (Wildman–Crippen MR) is 66.4 cm³/mol. The van der Waals surface area contributed by atoms with Crippen LogP contribution in [0.4, 0.5) is 0 Å². The van der Waals surface area contributed by atoms with E-state index in [9.17, 15) is 4.79 Å². The first-order valence-electron chi connectivity index (χ1n) is 5.71. The van der Waals surface area contributed by atoms with Crippen molar-refractivity contribution in [3.05, 3.63) is 21.9 Å². The Balaban J connectivity index is 1.89. The van der Waals surface area contributed by atoms with Gasteiger partial charge in [0.25, 0.3) is 0 Å². The largest absolute Gasteiger partial charge is 0.366 e. The normalized spacial score (nSPS) is 23.5. The number of nitriles is 1. The number of amides is 1. The van der Waals surface area contributed by atoms with Gasteiger partial charge in [0.2, 0.25) is 5.91 Å². The van der Waals surface area contributed by atoms with Gasteiger partial charge in [-0.05, 0) is 18.9 Å². The molecule has 90 valence electrons. The lowest BCUT2D eigenvalue weighted by molar-refractivity contribution is 0.100. The van der Waals surface area contributed by atoms with Crippen LogP contribution in [0, 0.1) is 17.2 Å². The summed E-state index contributed by atoms with van der Waals surface area (Å²) in [6.07, 6.45) is 3.17. The van der Waals surface area contributed by atoms with Crippen molar-refractivity contribution in [1.82, 2.24) is 5.32 Å². The van der Waals surface area contributed by atoms with Gasteiger partial charge in [0.05, 0.1) is 17.6 Å². The summed E-state index contributed by atoms with van der Waals surface area (Å²) in [4.78, 5) is 12.0. The van der Waals surface area contributed by atoms with Crippen molar-refractivity contribution >= 4 is 17.2 Å². The third-order valence-corrected chi connectivity index (χ3v) is 4.10. The highest BCUT2D eigenvalue weighted by molar-refractivity contribution is 7.10. The van der Waals surface area contributed by atoms with E-state index in [-0.39, 0.29) is 11.8 Å². The Labute approximate surface area is 104 Å². The zero-order chi connectivity index (χ0) is 12.3. The fraction of sp³-hybridized carbons (Fsp3) is 0.500. The van der Waals surface area contributed by atoms with Gasteiger partial charge < -0.3 is 11.1 Å². The van der Waals surface area contributed by atoms with E-state index in [1.54, 1.807) is 5.38 Å². The number of carbonyl (C=O) groups is 1. The van der Waals surface area contributed by atoms with Crippen LogP contribution in [0.25, 0.3) is 0 Å². The number of nitrogens with two attached hydrogens (primary N) is 1. The minimum absolute atomic E-state index is 0.130. The third-order valence-electron chi connectivity index (χ3n) is 3.16. The van der Waals surface area contributed by atoms with E-state index < -0.39 is 0 Å². The van der Waals surface area contributed by atoms with Gasteiger partial charge in [0.15, 0.2) is 0 Å². The van der Waals surface area contributed by atoms with E-state index in [1.165, 1.54) is 11.3 Å². The summed E-state index contributed by atoms with van der Waals surface area (Å²) in [7, 11) is 0. The summed E-state index contributed by atoms with van der Waals surface area (Å²) in [5, 5.41) is 14.1. The average molecular weight is 249 g/mol. The van der Waals surface area contributed by atoms with Gasteiger partial charge in [-0.15, -0.1) is 11.3 Å². The van der Waals surface area contributed by atoms with Crippen LogP contribution in [0.15, 0.2) is 11.4 Å². The number of nitrogens with one attached hydrogen (secondary N) is 1. The molecule has 0 bridgehead atoms. The highest BCUT2D eigenvalue weighted by atomic mass is 32.1. The summed E-state index contributed by atoms with van der Waals surface area (Å²) in [6, 6.07) is 4.45. The summed E-state index contributed by atoms with van der Waals surface area (Å²) in [5.41, 5.74) is 5.76. The number of hydrogen-bond donors (Lipinski definition) is 2. The fourth-order valence-electron chi connectivity index (χ4n) is 2.19. The van der Waals surface area contributed by atoms with Gasteiger partial charge in [-0.2, -0.15) is 5.26 Å². The van der Waals surface area contributed by atoms with Gasteiger partial charge >= 0.3 is 0 Å². The second kappa shape index (κ2) is 5.30. The van der Waals surface area contributed by atoms with Gasteiger partial charge in [-0.1, -0.05) is 6.42 Å². The molecule has 1 aliphatic rings. The Morgan fingerprint density at radius 1 is 1.65 bits per heavy atom. The molecule has 2 unspecified atom stereocenters. The molecule has 4 nitrogen and oxygen atoms in total. The van der Waals surface area contributed by atoms with Crippen molar-refractivity contribution in [2.24, 2.45) is 11.7 Å². The van der Waals surface area contributed by atoms with Gasteiger partial charge in [-0.25, -0.2) is 0 Å². The highest BCUT2D eigenvalue weighted by Crippen LogP contribution is 2.25. The van der Waals surface area contributed by atoms with Crippen LogP contribution in [0.5, 0.6) is 0 Å². The van der Waals surface area contributed by atoms with E-state index in [1.807, 2.05) is 6.07 Å². The van der Waals surface area contributed by atoms with Crippen LogP contribution in [0.1, 0.15) is 34.5 Å². The molecule has 2 atom stereocenters. The zero-order valence-corrected chi connectivity index (χ0v) is 10.3. The van der Waals surface area contributed by atoms with Gasteiger partial charge in [0.1, 0.15) is 0 Å². The lowest BCUT2D eigenvalue weighted by atomic mass is 10.1. The molecule has 0 saturated heterocycles. The molecule has 0 aliphatic heterocycles. The molecule has 0 aromatic carbocycles. The minimum atomic E-state index is -0.386. The molecule has 0 spiro atoms. The number of rotatable bonds is 4. The first kappa shape index (κ1) is 12.1. The summed E-state index contributed by atoms with van der Waals surface area (Å²) in [5.74, 6) is -0.256. The molecule has 2 rings (SSSR count). The number of nitrogens with zero attached hydrogens (tertiary/aromatic N) is 1. The number of hydrogen-bond acceptors (Lipinski definition) is 4. The van der Waals surface area contributed by atoms with Crippen LogP contribution in [-0.4, -0.2) is 11.9 Å². The zero-order valence-electron chi connectivity index (χ0n) is 9.48. The molecule has 1 amide bonds. The Kier molecular flexibility index (Phi) is 3.77. The fourth-order valence-corrected chi connectivity index (χ4v) is 3.02. The molecule has 1 fully saturated rings. The van der Waals surface area contributed by atoms with Crippen LogP contribution < -0.4 is 11.1 Å². The molecule has 1 heterocycles. The second-order valence-electron chi connectivity index (χ2n) is 4.32. The molecule has 5 heteroatoms. The van der Waals surface area contributed by atoms with Crippen molar-refractivity contribution in [1.29, 1.82) is 5.26 Å². The molecular formula is C12H15N3OS. The van der Waals surface area contributed by atoms with Crippen LogP contribution in [-0.2, 0) is 6.54 Å². The van der Waals surface area contributed by atoms with Crippen LogP contribution >= 0.6 is 11.3 Å². The first-order chi connectivity index (χ1) is 8.20. The van der Waals surface area contributed by atoms with Crippen molar-refractivity contribution in [3.63, 3.8) is 0 Å². The van der Waals surface area contributed by atoms with Gasteiger partial charge in [0, 0.05) is 22.8 Å². The smallest absolute Gasteiger partial charge is 0.249 e. The van der Waals surface area contributed by atoms with E-state index in [0.717, 1.165) is 24.1 Å². The minimum Gasteiger partial charge on any atom is -0.366 e. The maximum atomic E-state index is 10.9. The Bertz CT molecular complexity index is 449. The highest BCUT2D eigenvalue weighted by Gasteiger charge is 2.26. The van der Waals surface area contributed by atoms with Crippen molar-refractivity contribution in [2.75, 3.05) is 0 Å². The number of thiophene rings is 1. The molecule has 1 saturated carbocycles. The van der Waals surface area contributed by atoms with Crippen molar-refractivity contribution in [2.45, 2.75) is 31.8 Å². The maximum Gasteiger partial charge on any atom is 0.249 e. The number of primary amides is 1. The molecule has 3 N–H and O–H groups in total. The number of carbonyl (C=O) groups excluding carboxylic acids is 1. The van der Waals surface area contributed by atoms with E-state index >= 15 is 0 Å². The lowest BCUT2D eigenvalue weighted by Gasteiger charge is -2.14. The third kappa shape index (κ3) is 2.84. The maximum absolute atomic E-state index is 10.9. The van der Waals surface area contributed by atoms with Crippen LogP contribution in [0.2, 0.25) is 0 Å². The average Bonchev–Trinajstić information content (AvgIpc) is 2.95. The second-order valence-corrected chi connectivity index (χ2v) is 5.32. The summed E-state index contributed by atoms with van der Waals surface area (Å²) in [6.45, 7) is 0.709. The molecular weight excluding hydrogens is 234 g/mol. The molecule has 1 aliphatic carbocycles. The standard InChI is InChI=1S/C12H15N3OS/c13-5-8-2-1-3-11(8)15-6-10-4-9(7-17-10)12(14)16/h4,7-8,11,15H,1-3,6H2,(H2,14,16). The Morgan fingerprint density at radius 3 is 3.12 bits per heavy atom. The van der Waals surface area contributed by atoms with Crippen LogP contribution in [0.3, 0.4) is 0 Å². The topological polar surface area (TPSA) is 78.9 Å². The summed E-state index contributed by atoms with van der Waals surface area (Å²) >= 11 is 1.52. The van der Waals surface area contributed by atoms with Crippen molar-refractivity contribution in [3.8, 4) is 6.07 Å². The quantitative estimate of drug-likeness (QED) is 0.851. The SMILES string of the molecule is N#CC1CCCC1NCc1cc(C(N)=O)cs1. The molecule has 0 radical (unpaired) electrons. The van der Waals surface area contributed by atoms with E-state index in [2.05, 4.69) is 11.4 Å².